The van der Waals surface area contributed by atoms with E-state index >= 15 is 0 Å². The highest BCUT2D eigenvalue weighted by atomic mass is 16.5. The first-order chi connectivity index (χ1) is 7.86. The van der Waals surface area contributed by atoms with E-state index in [-0.39, 0.29) is 17.8 Å². The Labute approximate surface area is 104 Å². The van der Waals surface area contributed by atoms with Crippen LogP contribution in [0.15, 0.2) is 0 Å². The van der Waals surface area contributed by atoms with Gasteiger partial charge in [0.1, 0.15) is 0 Å². The van der Waals surface area contributed by atoms with E-state index in [1.165, 1.54) is 0 Å². The van der Waals surface area contributed by atoms with Gasteiger partial charge < -0.3 is 9.84 Å². The number of ether oxygens (including phenoxy) is 1. The molecule has 0 fully saturated rings. The highest BCUT2D eigenvalue weighted by molar-refractivity contribution is 5.71. The molecule has 0 saturated carbocycles. The van der Waals surface area contributed by atoms with Gasteiger partial charge in [0, 0.05) is 0 Å². The van der Waals surface area contributed by atoms with Crippen LogP contribution in [0.4, 0.5) is 0 Å². The van der Waals surface area contributed by atoms with Gasteiger partial charge in [0.2, 0.25) is 0 Å². The molecule has 102 valence electrons. The third-order valence-corrected chi connectivity index (χ3v) is 2.25. The molecule has 1 N–H and O–H groups in total. The minimum atomic E-state index is -0.706. The average Bonchev–Trinajstić information content (AvgIpc) is 2.28. The van der Waals surface area contributed by atoms with E-state index in [1.54, 1.807) is 6.92 Å². The fourth-order valence-corrected chi connectivity index (χ4v) is 0.658. The number of carbonyl (C=O) groups excluding carboxylic acids is 1. The molecule has 1 unspecified atom stereocenters. The van der Waals surface area contributed by atoms with Crippen LogP contribution in [0.3, 0.4) is 0 Å². The van der Waals surface area contributed by atoms with Gasteiger partial charge in [-0.1, -0.05) is 41.0 Å². The predicted molar refractivity (Wildman–Crippen MR) is 67.8 cm³/mol. The summed E-state index contributed by atoms with van der Waals surface area (Å²) >= 11 is 0. The Bertz CT molecular complexity index is 211. The summed E-state index contributed by atoms with van der Waals surface area (Å²) in [5.74, 6) is -0.965. The molecule has 0 aliphatic heterocycles. The molecule has 0 radical (unpaired) electrons. The highest BCUT2D eigenvalue weighted by Gasteiger charge is 2.06. The summed E-state index contributed by atoms with van der Waals surface area (Å²) in [6.45, 7) is 9.89. The minimum absolute atomic E-state index is 0.0110. The molecule has 0 aromatic heterocycles. The second-order valence-corrected chi connectivity index (χ2v) is 4.32. The van der Waals surface area contributed by atoms with E-state index in [0.717, 1.165) is 19.3 Å². The second-order valence-electron chi connectivity index (χ2n) is 4.32. The summed E-state index contributed by atoms with van der Waals surface area (Å²) in [6, 6.07) is 0. The van der Waals surface area contributed by atoms with E-state index < -0.39 is 5.97 Å². The van der Waals surface area contributed by atoms with Crippen LogP contribution in [-0.2, 0) is 14.3 Å². The molecule has 4 nitrogen and oxygen atoms in total. The van der Waals surface area contributed by atoms with E-state index in [9.17, 15) is 9.59 Å². The topological polar surface area (TPSA) is 63.6 Å². The minimum Gasteiger partial charge on any atom is -0.481 e. The lowest BCUT2D eigenvalue weighted by Crippen LogP contribution is -2.12. The van der Waals surface area contributed by atoms with Crippen LogP contribution in [0.25, 0.3) is 0 Å². The smallest absolute Gasteiger partial charge is 0.308 e. The van der Waals surface area contributed by atoms with Crippen molar-refractivity contribution in [3.8, 4) is 0 Å². The van der Waals surface area contributed by atoms with Crippen molar-refractivity contribution in [2.45, 2.75) is 53.9 Å². The second kappa shape index (κ2) is 11.4. The number of aliphatic carboxylic acids is 1. The molecule has 1 atom stereocenters. The van der Waals surface area contributed by atoms with Gasteiger partial charge in [0.15, 0.2) is 0 Å². The molecule has 0 amide bonds. The lowest BCUT2D eigenvalue weighted by Gasteiger charge is -2.04. The number of hydrogen-bond acceptors (Lipinski definition) is 3. The predicted octanol–water partition coefficient (Wildman–Crippen LogP) is 3.10. The number of carbonyl (C=O) groups is 2. The molecule has 0 rings (SSSR count). The largest absolute Gasteiger partial charge is 0.481 e. The maximum absolute atomic E-state index is 10.8. The number of esters is 1. The van der Waals surface area contributed by atoms with Crippen molar-refractivity contribution < 1.29 is 19.4 Å². The number of rotatable bonds is 6. The van der Waals surface area contributed by atoms with Crippen molar-refractivity contribution in [2.24, 2.45) is 11.8 Å². The van der Waals surface area contributed by atoms with Crippen molar-refractivity contribution in [3.05, 3.63) is 0 Å². The Hall–Kier alpha value is -1.06. The molecular formula is C13H26O4. The Morgan fingerprint density at radius 2 is 1.71 bits per heavy atom. The maximum atomic E-state index is 10.8. The summed E-state index contributed by atoms with van der Waals surface area (Å²) in [7, 11) is 0. The van der Waals surface area contributed by atoms with Crippen molar-refractivity contribution in [1.82, 2.24) is 0 Å². The Balaban J connectivity index is 0. The first-order valence-corrected chi connectivity index (χ1v) is 6.26. The summed E-state index contributed by atoms with van der Waals surface area (Å²) in [4.78, 5) is 20.7. The number of hydrogen-bond donors (Lipinski definition) is 1. The summed E-state index contributed by atoms with van der Waals surface area (Å²) < 4.78 is 4.90. The first-order valence-electron chi connectivity index (χ1n) is 6.26. The number of unbranched alkanes of at least 4 members (excludes halogenated alkanes) is 1. The molecule has 0 bridgehead atoms. The van der Waals surface area contributed by atoms with Crippen LogP contribution in [-0.4, -0.2) is 23.7 Å². The number of carboxylic acid groups (broad SMARTS) is 1. The molecule has 0 saturated heterocycles. The van der Waals surface area contributed by atoms with Crippen molar-refractivity contribution in [3.63, 3.8) is 0 Å². The van der Waals surface area contributed by atoms with Crippen LogP contribution >= 0.6 is 0 Å². The van der Waals surface area contributed by atoms with Crippen molar-refractivity contribution >= 4 is 11.9 Å². The van der Waals surface area contributed by atoms with E-state index in [4.69, 9.17) is 9.84 Å². The van der Waals surface area contributed by atoms with Gasteiger partial charge in [-0.3, -0.25) is 9.59 Å². The molecule has 0 heterocycles. The van der Waals surface area contributed by atoms with E-state index in [0.29, 0.717) is 6.61 Å². The monoisotopic (exact) mass is 246 g/mol. The zero-order valence-corrected chi connectivity index (χ0v) is 11.7. The number of carboxylic acids is 1. The fraction of sp³-hybridized carbons (Fsp3) is 0.846. The van der Waals surface area contributed by atoms with Gasteiger partial charge in [-0.2, -0.15) is 0 Å². The van der Waals surface area contributed by atoms with Gasteiger partial charge >= 0.3 is 11.9 Å². The quantitative estimate of drug-likeness (QED) is 0.577. The molecule has 0 aromatic carbocycles. The Morgan fingerprint density at radius 3 is 1.94 bits per heavy atom. The van der Waals surface area contributed by atoms with Crippen LogP contribution in [0.1, 0.15) is 53.9 Å². The zero-order valence-electron chi connectivity index (χ0n) is 11.7. The Kier molecular flexibility index (Phi) is 12.3. The van der Waals surface area contributed by atoms with Gasteiger partial charge in [0.05, 0.1) is 18.4 Å². The van der Waals surface area contributed by atoms with Crippen LogP contribution in [0.2, 0.25) is 0 Å². The standard InChI is InChI=1S/C8H16O2.C5H10O2/c1-4-5-6-10-8(9)7(2)3;1-3-4(2)5(6)7/h7H,4-6H2,1-3H3;4H,3H2,1-2H3,(H,6,7). The maximum Gasteiger partial charge on any atom is 0.308 e. The van der Waals surface area contributed by atoms with Gasteiger partial charge in [-0.15, -0.1) is 0 Å². The zero-order chi connectivity index (χ0) is 13.8. The molecular weight excluding hydrogens is 220 g/mol. The summed E-state index contributed by atoms with van der Waals surface area (Å²) in [6.07, 6.45) is 2.76. The van der Waals surface area contributed by atoms with Crippen LogP contribution in [0.5, 0.6) is 0 Å². The lowest BCUT2D eigenvalue weighted by atomic mass is 10.1. The molecule has 0 spiro atoms. The van der Waals surface area contributed by atoms with Crippen LogP contribution in [0, 0.1) is 11.8 Å². The average molecular weight is 246 g/mol. The van der Waals surface area contributed by atoms with Crippen molar-refractivity contribution in [1.29, 1.82) is 0 Å². The van der Waals surface area contributed by atoms with E-state index in [2.05, 4.69) is 6.92 Å². The molecule has 0 aliphatic carbocycles. The lowest BCUT2D eigenvalue weighted by molar-refractivity contribution is -0.147. The highest BCUT2D eigenvalue weighted by Crippen LogP contribution is 1.98. The Morgan fingerprint density at radius 1 is 1.18 bits per heavy atom. The summed E-state index contributed by atoms with van der Waals surface area (Å²) in [5, 5.41) is 8.18. The van der Waals surface area contributed by atoms with Gasteiger partial charge in [-0.05, 0) is 12.8 Å². The van der Waals surface area contributed by atoms with Gasteiger partial charge in [-0.25, -0.2) is 0 Å². The SMILES string of the molecule is CCC(C)C(=O)O.CCCCOC(=O)C(C)C. The summed E-state index contributed by atoms with van der Waals surface area (Å²) in [5.41, 5.74) is 0. The molecule has 0 aliphatic rings. The molecule has 17 heavy (non-hydrogen) atoms. The van der Waals surface area contributed by atoms with Crippen molar-refractivity contribution in [2.75, 3.05) is 6.61 Å². The normalized spacial score (nSPS) is 11.4. The third kappa shape index (κ3) is 12.9. The van der Waals surface area contributed by atoms with Gasteiger partial charge in [0.25, 0.3) is 0 Å². The van der Waals surface area contributed by atoms with Crippen LogP contribution < -0.4 is 0 Å². The van der Waals surface area contributed by atoms with E-state index in [1.807, 2.05) is 20.8 Å². The molecule has 0 aromatic rings. The molecule has 4 heteroatoms. The first kappa shape index (κ1) is 18.3. The fourth-order valence-electron chi connectivity index (χ4n) is 0.658. The third-order valence-electron chi connectivity index (χ3n) is 2.25.